The van der Waals surface area contributed by atoms with Crippen LogP contribution in [0.4, 0.5) is 5.13 Å². The minimum absolute atomic E-state index is 0.0678. The molecule has 0 saturated heterocycles. The smallest absolute Gasteiger partial charge is 0.337 e. The summed E-state index contributed by atoms with van der Waals surface area (Å²) in [7, 11) is 1.45. The molecule has 0 radical (unpaired) electrons. The highest BCUT2D eigenvalue weighted by molar-refractivity contribution is 7.13. The van der Waals surface area contributed by atoms with Gasteiger partial charge < -0.3 is 10.1 Å². The van der Waals surface area contributed by atoms with Gasteiger partial charge in [-0.05, 0) is 138 Å². The van der Waals surface area contributed by atoms with Gasteiger partial charge in [0, 0.05) is 16.3 Å². The number of carbonyl (C=O) groups is 1. The molecule has 4 fully saturated rings. The molecule has 268 valence electrons. The van der Waals surface area contributed by atoms with Gasteiger partial charge in [0.25, 0.3) is 0 Å². The van der Waals surface area contributed by atoms with Gasteiger partial charge in [-0.2, -0.15) is 0 Å². The van der Waals surface area contributed by atoms with Crippen molar-refractivity contribution in [3.05, 3.63) is 52.5 Å². The molecule has 1 aromatic carbocycles. The van der Waals surface area contributed by atoms with E-state index >= 15 is 0 Å². The monoisotopic (exact) mass is 684 g/mol. The molecule has 1 aromatic heterocycles. The lowest BCUT2D eigenvalue weighted by molar-refractivity contribution is -0.218. The molecule has 5 heteroatoms. The van der Waals surface area contributed by atoms with E-state index in [0.29, 0.717) is 34.1 Å². The molecule has 1 heterocycles. The number of nitrogens with zero attached hydrogens (tertiary/aromatic N) is 1. The van der Waals surface area contributed by atoms with E-state index in [4.69, 9.17) is 9.72 Å². The zero-order chi connectivity index (χ0) is 35.4. The van der Waals surface area contributed by atoms with Gasteiger partial charge >= 0.3 is 5.97 Å². The summed E-state index contributed by atoms with van der Waals surface area (Å²) in [6.45, 7) is 25.1. The third-order valence-electron chi connectivity index (χ3n) is 16.2. The number of carbonyl (C=O) groups excluding carboxylic acids is 1. The van der Waals surface area contributed by atoms with Crippen molar-refractivity contribution in [2.24, 2.45) is 57.2 Å². The van der Waals surface area contributed by atoms with Gasteiger partial charge in [-0.15, -0.1) is 11.3 Å². The number of hydrogen-bond donors (Lipinski definition) is 1. The molecule has 1 N–H and O–H groups in total. The van der Waals surface area contributed by atoms with Crippen LogP contribution in [-0.2, 0) is 10.2 Å². The average molecular weight is 685 g/mol. The van der Waals surface area contributed by atoms with Gasteiger partial charge in [0.05, 0.1) is 18.4 Å². The molecule has 5 aliphatic carbocycles. The number of hydrogen-bond acceptors (Lipinski definition) is 5. The molecular formula is C44H64N2O2S. The minimum atomic E-state index is -0.266. The van der Waals surface area contributed by atoms with Crippen molar-refractivity contribution in [3.63, 3.8) is 0 Å². The van der Waals surface area contributed by atoms with E-state index in [2.05, 4.69) is 98.1 Å². The standard InChI is InChI=1S/C44H64N2O2S/c1-27(2)30-18-23-44(46-38-45-35(26-49-38)39(3,4)5)25-24-42(9)32(36(30)44)16-17-34-41(8)21-19-31(28-12-14-29(15-13-28)37(47)48-11)40(6,7)33(41)20-22-43(34,42)10/h12-15,19,26-27,30,32-34,36H,16-18,20-25H2,1-11H3,(H,45,46)/t30-,32+,33?,34?,36?,41-,42+,43+,44-/m0/s1. The van der Waals surface area contributed by atoms with Gasteiger partial charge in [-0.25, -0.2) is 9.78 Å². The predicted molar refractivity (Wildman–Crippen MR) is 205 cm³/mol. The van der Waals surface area contributed by atoms with Gasteiger partial charge in [0.1, 0.15) is 0 Å². The van der Waals surface area contributed by atoms with Crippen LogP contribution < -0.4 is 5.32 Å². The lowest BCUT2D eigenvalue weighted by Crippen LogP contribution is -2.67. The van der Waals surface area contributed by atoms with Crippen LogP contribution in [0.1, 0.15) is 149 Å². The lowest BCUT2D eigenvalue weighted by atomic mass is 9.33. The topological polar surface area (TPSA) is 51.2 Å². The van der Waals surface area contributed by atoms with Crippen molar-refractivity contribution in [3.8, 4) is 0 Å². The molecule has 49 heavy (non-hydrogen) atoms. The van der Waals surface area contributed by atoms with Crippen molar-refractivity contribution in [1.82, 2.24) is 4.98 Å². The molecule has 0 amide bonds. The van der Waals surface area contributed by atoms with Gasteiger partial charge in [0.15, 0.2) is 5.13 Å². The fourth-order valence-electron chi connectivity index (χ4n) is 13.5. The van der Waals surface area contributed by atoms with Crippen LogP contribution >= 0.6 is 11.3 Å². The third kappa shape index (κ3) is 5.15. The molecule has 0 spiro atoms. The molecule has 7 rings (SSSR count). The predicted octanol–water partition coefficient (Wildman–Crippen LogP) is 11.8. The second-order valence-corrected chi connectivity index (χ2v) is 20.7. The zero-order valence-electron chi connectivity index (χ0n) is 32.5. The number of methoxy groups -OCH3 is 1. The number of thiazole rings is 1. The highest BCUT2D eigenvalue weighted by atomic mass is 32.1. The maximum Gasteiger partial charge on any atom is 0.337 e. The van der Waals surface area contributed by atoms with Crippen molar-refractivity contribution in [1.29, 1.82) is 0 Å². The summed E-state index contributed by atoms with van der Waals surface area (Å²) in [5.74, 6) is 4.04. The maximum absolute atomic E-state index is 12.2. The number of aromatic nitrogens is 1. The fraction of sp³-hybridized carbons (Fsp3) is 0.727. The molecule has 4 saturated carbocycles. The minimum Gasteiger partial charge on any atom is -0.465 e. The number of benzene rings is 1. The number of nitrogens with one attached hydrogen (secondary N) is 1. The first-order valence-corrected chi connectivity index (χ1v) is 20.4. The van der Waals surface area contributed by atoms with Crippen molar-refractivity contribution < 1.29 is 9.53 Å². The summed E-state index contributed by atoms with van der Waals surface area (Å²) in [6.07, 6.45) is 14.4. The highest BCUT2D eigenvalue weighted by Crippen LogP contribution is 2.77. The summed E-state index contributed by atoms with van der Waals surface area (Å²) in [4.78, 5) is 17.3. The van der Waals surface area contributed by atoms with Crippen molar-refractivity contribution in [2.45, 2.75) is 138 Å². The van der Waals surface area contributed by atoms with Gasteiger partial charge in [-0.3, -0.25) is 0 Å². The Morgan fingerprint density at radius 3 is 2.27 bits per heavy atom. The Balaban J connectivity index is 1.21. The van der Waals surface area contributed by atoms with Gasteiger partial charge in [0.2, 0.25) is 0 Å². The molecule has 3 unspecified atom stereocenters. The molecule has 0 bridgehead atoms. The second kappa shape index (κ2) is 11.7. The molecule has 0 aliphatic heterocycles. The van der Waals surface area contributed by atoms with Crippen molar-refractivity contribution >= 4 is 28.0 Å². The number of anilines is 1. The Hall–Kier alpha value is -2.14. The maximum atomic E-state index is 12.2. The second-order valence-electron chi connectivity index (χ2n) is 19.8. The van der Waals surface area contributed by atoms with E-state index < -0.39 is 0 Å². The zero-order valence-corrected chi connectivity index (χ0v) is 33.3. The number of ether oxygens (including phenoxy) is 1. The molecule has 2 aromatic rings. The van der Waals surface area contributed by atoms with Crippen LogP contribution in [0.25, 0.3) is 5.57 Å². The quantitative estimate of drug-likeness (QED) is 0.319. The fourth-order valence-corrected chi connectivity index (χ4v) is 14.5. The number of fused-ring (bicyclic) bond motifs is 7. The number of esters is 1. The largest absolute Gasteiger partial charge is 0.465 e. The van der Waals surface area contributed by atoms with Crippen LogP contribution in [0, 0.1) is 57.2 Å². The summed E-state index contributed by atoms with van der Waals surface area (Å²) in [5, 5.41) is 7.69. The lowest BCUT2D eigenvalue weighted by Gasteiger charge is -2.72. The molecule has 5 aliphatic rings. The van der Waals surface area contributed by atoms with Crippen LogP contribution in [0.2, 0.25) is 0 Å². The van der Waals surface area contributed by atoms with E-state index in [9.17, 15) is 4.79 Å². The van der Waals surface area contributed by atoms with Gasteiger partial charge in [-0.1, -0.05) is 87.4 Å². The van der Waals surface area contributed by atoms with Crippen molar-refractivity contribution in [2.75, 3.05) is 12.4 Å². The summed E-state index contributed by atoms with van der Waals surface area (Å²) in [6, 6.07) is 8.17. The van der Waals surface area contributed by atoms with E-state index in [1.165, 1.54) is 75.3 Å². The first-order chi connectivity index (χ1) is 22.9. The van der Waals surface area contributed by atoms with Crippen LogP contribution in [-0.4, -0.2) is 23.6 Å². The number of allylic oxidation sites excluding steroid dienone is 2. The first-order valence-electron chi connectivity index (χ1n) is 19.5. The summed E-state index contributed by atoms with van der Waals surface area (Å²) in [5.41, 5.74) is 5.84. The van der Waals surface area contributed by atoms with Crippen LogP contribution in [0.15, 0.2) is 35.7 Å². The van der Waals surface area contributed by atoms with E-state index in [1.54, 1.807) is 0 Å². The normalized spacial score (nSPS) is 39.7. The Morgan fingerprint density at radius 2 is 1.63 bits per heavy atom. The van der Waals surface area contributed by atoms with Crippen LogP contribution in [0.5, 0.6) is 0 Å². The van der Waals surface area contributed by atoms with E-state index in [0.717, 1.165) is 29.3 Å². The highest BCUT2D eigenvalue weighted by Gasteiger charge is 2.70. The van der Waals surface area contributed by atoms with E-state index in [1.807, 2.05) is 23.5 Å². The first kappa shape index (κ1) is 35.3. The Labute approximate surface area is 301 Å². The molecule has 9 atom stereocenters. The Morgan fingerprint density at radius 1 is 0.918 bits per heavy atom. The SMILES string of the molecule is COC(=O)c1ccc(C2=CC[C@@]3(C)C(CC[C@]4(C)C3CC[C@@H]3C5[C@H](C(C)C)CC[C@]5(Nc5nc(C(C)(C)C)cs5)CC[C@]34C)C2(C)C)cc1. The Bertz CT molecular complexity index is 1610. The van der Waals surface area contributed by atoms with Crippen LogP contribution in [0.3, 0.4) is 0 Å². The summed E-state index contributed by atoms with van der Waals surface area (Å²) < 4.78 is 4.98. The molecular weight excluding hydrogens is 621 g/mol. The molecule has 4 nitrogen and oxygen atoms in total. The average Bonchev–Trinajstić information content (AvgIpc) is 3.67. The van der Waals surface area contributed by atoms with E-state index in [-0.39, 0.29) is 27.8 Å². The Kier molecular flexibility index (Phi) is 8.41. The number of rotatable bonds is 5. The third-order valence-corrected chi connectivity index (χ3v) is 16.9. The summed E-state index contributed by atoms with van der Waals surface area (Å²) >= 11 is 1.83.